The van der Waals surface area contributed by atoms with Gasteiger partial charge in [0.2, 0.25) is 0 Å². The van der Waals surface area contributed by atoms with Crippen LogP contribution in [0.3, 0.4) is 0 Å². The van der Waals surface area contributed by atoms with Gasteiger partial charge in [0.15, 0.2) is 5.78 Å². The number of unbranched alkanes of at least 4 members (excludes halogenated alkanes) is 2. The van der Waals surface area contributed by atoms with Crippen molar-refractivity contribution in [2.75, 3.05) is 6.61 Å². The average molecular weight is 144 g/mol. The fourth-order valence-corrected chi connectivity index (χ4v) is 0.629. The van der Waals surface area contributed by atoms with Gasteiger partial charge in [-0.05, 0) is 12.8 Å². The molecule has 0 radical (unpaired) electrons. The van der Waals surface area contributed by atoms with Gasteiger partial charge >= 0.3 is 0 Å². The molecule has 0 aliphatic heterocycles. The Morgan fingerprint density at radius 1 is 1.40 bits per heavy atom. The Morgan fingerprint density at radius 3 is 2.60 bits per heavy atom. The molecule has 0 aliphatic rings. The highest BCUT2D eigenvalue weighted by Gasteiger charge is 1.97. The fraction of sp³-hybridized carbons (Fsp3) is 0.714. The normalized spacial score (nSPS) is 9.30. The monoisotopic (exact) mass is 144 g/mol. The van der Waals surface area contributed by atoms with Crippen LogP contribution in [0.15, 0.2) is 0 Å². The number of rotatable bonds is 6. The predicted molar refractivity (Wildman–Crippen MR) is 36.6 cm³/mol. The summed E-state index contributed by atoms with van der Waals surface area (Å²) in [6, 6.07) is 0. The van der Waals surface area contributed by atoms with Crippen LogP contribution in [-0.4, -0.2) is 23.8 Å². The third-order valence-electron chi connectivity index (χ3n) is 1.20. The van der Waals surface area contributed by atoms with Crippen LogP contribution >= 0.6 is 0 Å². The minimum absolute atomic E-state index is 0.147. The Hall–Kier alpha value is -0.700. The van der Waals surface area contributed by atoms with E-state index >= 15 is 0 Å². The van der Waals surface area contributed by atoms with Crippen LogP contribution in [0.1, 0.15) is 25.7 Å². The van der Waals surface area contributed by atoms with E-state index in [9.17, 15) is 9.59 Å². The third kappa shape index (κ3) is 5.44. The molecule has 0 spiro atoms. The molecule has 0 aromatic rings. The zero-order chi connectivity index (χ0) is 7.82. The highest BCUT2D eigenvalue weighted by atomic mass is 16.3. The zero-order valence-corrected chi connectivity index (χ0v) is 5.88. The van der Waals surface area contributed by atoms with E-state index in [2.05, 4.69) is 0 Å². The van der Waals surface area contributed by atoms with E-state index in [-0.39, 0.29) is 12.4 Å². The molecule has 0 aromatic carbocycles. The van der Waals surface area contributed by atoms with E-state index in [1.54, 1.807) is 0 Å². The Labute approximate surface area is 60.0 Å². The first-order valence-corrected chi connectivity index (χ1v) is 3.37. The smallest absolute Gasteiger partial charge is 0.158 e. The molecule has 0 saturated carbocycles. The molecular weight excluding hydrogens is 132 g/mol. The molecular formula is C7H12O3. The number of Topliss-reactive ketones (excluding diaryl/α,β-unsaturated/α-hetero) is 1. The Morgan fingerprint density at radius 2 is 2.10 bits per heavy atom. The third-order valence-corrected chi connectivity index (χ3v) is 1.20. The minimum Gasteiger partial charge on any atom is -0.389 e. The molecule has 0 heterocycles. The van der Waals surface area contributed by atoms with E-state index in [0.717, 1.165) is 12.7 Å². The summed E-state index contributed by atoms with van der Waals surface area (Å²) in [6.07, 6.45) is 3.19. The largest absolute Gasteiger partial charge is 0.389 e. The second kappa shape index (κ2) is 6.42. The minimum atomic E-state index is -0.374. The molecule has 58 valence electrons. The number of aliphatic hydroxyl groups excluding tert-OH is 1. The molecule has 0 unspecified atom stereocenters. The first kappa shape index (κ1) is 9.30. The molecule has 0 aliphatic carbocycles. The molecule has 0 bridgehead atoms. The van der Waals surface area contributed by atoms with Gasteiger partial charge in [0.25, 0.3) is 0 Å². The molecule has 0 aromatic heterocycles. The first-order valence-electron chi connectivity index (χ1n) is 3.37. The van der Waals surface area contributed by atoms with Crippen molar-refractivity contribution in [3.8, 4) is 0 Å². The van der Waals surface area contributed by atoms with Gasteiger partial charge in [-0.25, -0.2) is 0 Å². The Balaban J connectivity index is 3.03. The molecule has 0 amide bonds. The van der Waals surface area contributed by atoms with Gasteiger partial charge in [-0.1, -0.05) is 0 Å². The van der Waals surface area contributed by atoms with Crippen LogP contribution in [0.5, 0.6) is 0 Å². The fourth-order valence-electron chi connectivity index (χ4n) is 0.629. The Bertz CT molecular complexity index is 109. The quantitative estimate of drug-likeness (QED) is 0.431. The van der Waals surface area contributed by atoms with E-state index in [1.165, 1.54) is 0 Å². The topological polar surface area (TPSA) is 54.4 Å². The molecule has 0 rings (SSSR count). The standard InChI is InChI=1S/C7H12O3/c8-5-3-1-2-4-7(10)6-9/h5,9H,1-4,6H2. The second-order valence-electron chi connectivity index (χ2n) is 2.11. The van der Waals surface area contributed by atoms with Crippen molar-refractivity contribution in [2.24, 2.45) is 0 Å². The van der Waals surface area contributed by atoms with Crippen molar-refractivity contribution >= 4 is 12.1 Å². The van der Waals surface area contributed by atoms with E-state index in [1.807, 2.05) is 0 Å². The van der Waals surface area contributed by atoms with Gasteiger partial charge in [-0.2, -0.15) is 0 Å². The molecule has 0 atom stereocenters. The summed E-state index contributed by atoms with van der Waals surface area (Å²) < 4.78 is 0. The first-order chi connectivity index (χ1) is 4.81. The molecule has 3 heteroatoms. The van der Waals surface area contributed by atoms with Gasteiger partial charge in [0.1, 0.15) is 12.9 Å². The van der Waals surface area contributed by atoms with Gasteiger partial charge < -0.3 is 9.90 Å². The number of carbonyl (C=O) groups is 2. The maximum atomic E-state index is 10.4. The number of aldehydes is 1. The lowest BCUT2D eigenvalue weighted by molar-refractivity contribution is -0.122. The average Bonchev–Trinajstić information content (AvgIpc) is 1.98. The summed E-state index contributed by atoms with van der Waals surface area (Å²) >= 11 is 0. The summed E-state index contributed by atoms with van der Waals surface area (Å²) in [4.78, 5) is 20.2. The number of aliphatic hydroxyl groups is 1. The number of carbonyl (C=O) groups excluding carboxylic acids is 2. The van der Waals surface area contributed by atoms with Crippen molar-refractivity contribution in [2.45, 2.75) is 25.7 Å². The summed E-state index contributed by atoms with van der Waals surface area (Å²) in [7, 11) is 0. The second-order valence-corrected chi connectivity index (χ2v) is 2.11. The van der Waals surface area contributed by atoms with Crippen molar-refractivity contribution in [1.29, 1.82) is 0 Å². The zero-order valence-electron chi connectivity index (χ0n) is 5.88. The van der Waals surface area contributed by atoms with Crippen molar-refractivity contribution in [3.05, 3.63) is 0 Å². The lowest BCUT2D eigenvalue weighted by atomic mass is 10.1. The van der Waals surface area contributed by atoms with E-state index in [0.29, 0.717) is 19.3 Å². The van der Waals surface area contributed by atoms with Crippen LogP contribution in [-0.2, 0) is 9.59 Å². The van der Waals surface area contributed by atoms with Gasteiger partial charge in [0, 0.05) is 12.8 Å². The van der Waals surface area contributed by atoms with Crippen LogP contribution in [0.2, 0.25) is 0 Å². The van der Waals surface area contributed by atoms with E-state index < -0.39 is 0 Å². The number of ketones is 1. The highest BCUT2D eigenvalue weighted by molar-refractivity contribution is 5.79. The maximum Gasteiger partial charge on any atom is 0.158 e. The lowest BCUT2D eigenvalue weighted by Gasteiger charge is -1.93. The molecule has 0 fully saturated rings. The SMILES string of the molecule is O=CCCCCC(=O)CO. The highest BCUT2D eigenvalue weighted by Crippen LogP contribution is 1.97. The summed E-state index contributed by atoms with van der Waals surface area (Å²) in [5.41, 5.74) is 0. The van der Waals surface area contributed by atoms with Crippen LogP contribution in [0.25, 0.3) is 0 Å². The van der Waals surface area contributed by atoms with Crippen LogP contribution in [0, 0.1) is 0 Å². The summed E-state index contributed by atoms with van der Waals surface area (Å²) in [5, 5.41) is 8.27. The molecule has 10 heavy (non-hydrogen) atoms. The molecule has 3 nitrogen and oxygen atoms in total. The van der Waals surface area contributed by atoms with E-state index in [4.69, 9.17) is 5.11 Å². The lowest BCUT2D eigenvalue weighted by Crippen LogP contribution is -2.02. The molecule has 0 saturated heterocycles. The van der Waals surface area contributed by atoms with Gasteiger partial charge in [0.05, 0.1) is 0 Å². The predicted octanol–water partition coefficient (Wildman–Crippen LogP) is 0.307. The van der Waals surface area contributed by atoms with Gasteiger partial charge in [-0.3, -0.25) is 4.79 Å². The summed E-state index contributed by atoms with van der Waals surface area (Å²) in [5.74, 6) is -0.147. The van der Waals surface area contributed by atoms with Crippen LogP contribution in [0.4, 0.5) is 0 Å². The van der Waals surface area contributed by atoms with Gasteiger partial charge in [-0.15, -0.1) is 0 Å². The molecule has 1 N–H and O–H groups in total. The Kier molecular flexibility index (Phi) is 5.97. The van der Waals surface area contributed by atoms with Crippen molar-refractivity contribution in [1.82, 2.24) is 0 Å². The number of hydrogen-bond acceptors (Lipinski definition) is 3. The van der Waals surface area contributed by atoms with Crippen molar-refractivity contribution in [3.63, 3.8) is 0 Å². The van der Waals surface area contributed by atoms with Crippen molar-refractivity contribution < 1.29 is 14.7 Å². The summed E-state index contributed by atoms with van der Waals surface area (Å²) in [6.45, 7) is -0.374. The maximum absolute atomic E-state index is 10.4. The number of hydrogen-bond donors (Lipinski definition) is 1. The van der Waals surface area contributed by atoms with Crippen LogP contribution < -0.4 is 0 Å².